The molecule has 2 nitrogen and oxygen atoms in total. The number of halogens is 2. The molecule has 4 heteroatoms. The summed E-state index contributed by atoms with van der Waals surface area (Å²) in [5.41, 5.74) is -1.52. The monoisotopic (exact) mass is 398 g/mol. The van der Waals surface area contributed by atoms with Gasteiger partial charge in [0.15, 0.2) is 0 Å². The minimum atomic E-state index is -1.43. The van der Waals surface area contributed by atoms with Gasteiger partial charge in [-0.3, -0.25) is 0 Å². The molecule has 20 heavy (non-hydrogen) atoms. The molecule has 0 aliphatic heterocycles. The first-order valence-electron chi connectivity index (χ1n) is 6.26. The molecule has 2 aromatic carbocycles. The molecule has 2 N–H and O–H groups in total. The third-order valence-electron chi connectivity index (χ3n) is 3.57. The van der Waals surface area contributed by atoms with Crippen molar-refractivity contribution in [2.75, 3.05) is 10.7 Å². The van der Waals surface area contributed by atoms with Gasteiger partial charge in [0.25, 0.3) is 0 Å². The van der Waals surface area contributed by atoms with E-state index >= 15 is 0 Å². The van der Waals surface area contributed by atoms with Crippen LogP contribution in [0.3, 0.4) is 0 Å². The molecule has 0 spiro atoms. The molecule has 0 radical (unpaired) electrons. The van der Waals surface area contributed by atoms with Crippen molar-refractivity contribution in [3.63, 3.8) is 0 Å². The molecule has 2 rings (SSSR count). The van der Waals surface area contributed by atoms with Crippen molar-refractivity contribution in [2.24, 2.45) is 0 Å². The van der Waals surface area contributed by atoms with E-state index in [2.05, 4.69) is 31.9 Å². The lowest BCUT2D eigenvalue weighted by atomic mass is 9.76. The maximum Gasteiger partial charge on any atom is 0.133 e. The van der Waals surface area contributed by atoms with Crippen LogP contribution in [0.2, 0.25) is 0 Å². The van der Waals surface area contributed by atoms with Crippen LogP contribution in [0.1, 0.15) is 11.1 Å². The zero-order chi connectivity index (χ0) is 14.6. The van der Waals surface area contributed by atoms with Crippen LogP contribution in [0, 0.1) is 0 Å². The Hall–Kier alpha value is -0.680. The molecule has 0 aliphatic carbocycles. The van der Waals surface area contributed by atoms with E-state index in [0.29, 0.717) is 11.1 Å². The van der Waals surface area contributed by atoms with E-state index < -0.39 is 11.2 Å². The Bertz CT molecular complexity index is 495. The molecule has 0 heterocycles. The van der Waals surface area contributed by atoms with Crippen LogP contribution in [0.5, 0.6) is 0 Å². The maximum absolute atomic E-state index is 11.1. The fraction of sp³-hybridized carbons (Fsp3) is 0.250. The van der Waals surface area contributed by atoms with Gasteiger partial charge in [-0.15, -0.1) is 0 Å². The standard InChI is InChI=1S/C16H16Br2O2/c17-11-15(19,13-7-3-1-4-8-13)16(20,12-18)14-9-5-2-6-10-14/h1-10,19-20H,11-12H2/t15-,16-/m0/s1. The van der Waals surface area contributed by atoms with Gasteiger partial charge >= 0.3 is 0 Å². The third kappa shape index (κ3) is 2.58. The number of benzene rings is 2. The van der Waals surface area contributed by atoms with Gasteiger partial charge in [-0.05, 0) is 11.1 Å². The van der Waals surface area contributed by atoms with E-state index in [0.717, 1.165) is 0 Å². The Balaban J connectivity index is 2.58. The van der Waals surface area contributed by atoms with E-state index in [1.807, 2.05) is 60.7 Å². The molecule has 2 atom stereocenters. The van der Waals surface area contributed by atoms with Crippen molar-refractivity contribution in [3.05, 3.63) is 71.8 Å². The van der Waals surface area contributed by atoms with Crippen LogP contribution in [0.4, 0.5) is 0 Å². The summed E-state index contributed by atoms with van der Waals surface area (Å²) in [5, 5.41) is 22.7. The Morgan fingerprint density at radius 3 is 1.20 bits per heavy atom. The first-order valence-corrected chi connectivity index (χ1v) is 8.50. The van der Waals surface area contributed by atoms with Crippen molar-refractivity contribution in [1.82, 2.24) is 0 Å². The fourth-order valence-electron chi connectivity index (χ4n) is 2.28. The van der Waals surface area contributed by atoms with E-state index in [4.69, 9.17) is 0 Å². The normalized spacial score (nSPS) is 17.2. The lowest BCUT2D eigenvalue weighted by Gasteiger charge is -2.42. The van der Waals surface area contributed by atoms with E-state index in [9.17, 15) is 10.2 Å². The second kappa shape index (κ2) is 6.39. The second-order valence-electron chi connectivity index (χ2n) is 4.72. The lowest BCUT2D eigenvalue weighted by Crippen LogP contribution is -2.52. The fourth-order valence-corrected chi connectivity index (χ4v) is 3.86. The van der Waals surface area contributed by atoms with E-state index in [1.54, 1.807) is 0 Å². The molecule has 2 aromatic rings. The smallest absolute Gasteiger partial charge is 0.133 e. The number of rotatable bonds is 5. The maximum atomic E-state index is 11.1. The molecule has 0 fully saturated rings. The average Bonchev–Trinajstić information content (AvgIpc) is 2.54. The van der Waals surface area contributed by atoms with E-state index in [1.165, 1.54) is 0 Å². The first-order chi connectivity index (χ1) is 9.58. The molecule has 0 aromatic heterocycles. The summed E-state index contributed by atoms with van der Waals surface area (Å²) in [4.78, 5) is 0. The van der Waals surface area contributed by atoms with Crippen molar-refractivity contribution in [1.29, 1.82) is 0 Å². The summed E-state index contributed by atoms with van der Waals surface area (Å²) in [5.74, 6) is 0. The quantitative estimate of drug-likeness (QED) is 0.754. The summed E-state index contributed by atoms with van der Waals surface area (Å²) in [7, 11) is 0. The molecule has 0 bridgehead atoms. The van der Waals surface area contributed by atoms with Crippen LogP contribution >= 0.6 is 31.9 Å². The van der Waals surface area contributed by atoms with Gasteiger partial charge < -0.3 is 10.2 Å². The van der Waals surface area contributed by atoms with Crippen molar-refractivity contribution in [2.45, 2.75) is 11.2 Å². The summed E-state index contributed by atoms with van der Waals surface area (Å²) >= 11 is 6.70. The Kier molecular flexibility index (Phi) is 5.02. The zero-order valence-electron chi connectivity index (χ0n) is 10.8. The molecule has 106 valence electrons. The van der Waals surface area contributed by atoms with Gasteiger partial charge in [0.1, 0.15) is 11.2 Å². The number of hydrogen-bond donors (Lipinski definition) is 2. The third-order valence-corrected chi connectivity index (χ3v) is 5.20. The number of alkyl halides is 2. The van der Waals surface area contributed by atoms with E-state index in [-0.39, 0.29) is 10.7 Å². The Morgan fingerprint density at radius 2 is 0.950 bits per heavy atom. The van der Waals surface area contributed by atoms with Gasteiger partial charge in [-0.2, -0.15) is 0 Å². The van der Waals surface area contributed by atoms with Crippen LogP contribution < -0.4 is 0 Å². The molecular formula is C16H16Br2O2. The first kappa shape index (κ1) is 15.7. The average molecular weight is 400 g/mol. The summed E-state index contributed by atoms with van der Waals surface area (Å²) in [6.45, 7) is 0. The summed E-state index contributed by atoms with van der Waals surface area (Å²) < 4.78 is 0. The van der Waals surface area contributed by atoms with Gasteiger partial charge in [0, 0.05) is 10.7 Å². The number of hydrogen-bond acceptors (Lipinski definition) is 2. The predicted octanol–water partition coefficient (Wildman–Crippen LogP) is 3.55. The van der Waals surface area contributed by atoms with Gasteiger partial charge in [0.2, 0.25) is 0 Å². The minimum absolute atomic E-state index is 0.223. The Morgan fingerprint density at radius 1 is 0.650 bits per heavy atom. The van der Waals surface area contributed by atoms with Crippen LogP contribution in [-0.4, -0.2) is 20.9 Å². The van der Waals surface area contributed by atoms with Crippen LogP contribution in [-0.2, 0) is 11.2 Å². The summed E-state index contributed by atoms with van der Waals surface area (Å²) in [6, 6.07) is 18.4. The molecule has 0 saturated heterocycles. The van der Waals surface area contributed by atoms with Crippen LogP contribution in [0.25, 0.3) is 0 Å². The van der Waals surface area contributed by atoms with Crippen LogP contribution in [0.15, 0.2) is 60.7 Å². The largest absolute Gasteiger partial charge is 0.381 e. The van der Waals surface area contributed by atoms with Crippen molar-refractivity contribution < 1.29 is 10.2 Å². The highest BCUT2D eigenvalue weighted by atomic mass is 79.9. The molecule has 0 unspecified atom stereocenters. The predicted molar refractivity (Wildman–Crippen MR) is 88.3 cm³/mol. The van der Waals surface area contributed by atoms with Gasteiger partial charge in [-0.1, -0.05) is 92.5 Å². The lowest BCUT2D eigenvalue weighted by molar-refractivity contribution is -0.134. The second-order valence-corrected chi connectivity index (χ2v) is 5.84. The molecule has 0 aliphatic rings. The molecule has 0 saturated carbocycles. The minimum Gasteiger partial charge on any atom is -0.381 e. The van der Waals surface area contributed by atoms with Gasteiger partial charge in [0.05, 0.1) is 0 Å². The highest BCUT2D eigenvalue weighted by Crippen LogP contribution is 2.43. The zero-order valence-corrected chi connectivity index (χ0v) is 14.0. The SMILES string of the molecule is O[C@@](CBr)(c1ccccc1)[C@](O)(CBr)c1ccccc1. The van der Waals surface area contributed by atoms with Gasteiger partial charge in [-0.25, -0.2) is 0 Å². The molecule has 0 amide bonds. The summed E-state index contributed by atoms with van der Waals surface area (Å²) in [6.07, 6.45) is 0. The highest BCUT2D eigenvalue weighted by Gasteiger charge is 2.50. The highest BCUT2D eigenvalue weighted by molar-refractivity contribution is 9.09. The number of aliphatic hydroxyl groups is 2. The van der Waals surface area contributed by atoms with Crippen molar-refractivity contribution in [3.8, 4) is 0 Å². The topological polar surface area (TPSA) is 40.5 Å². The Labute approximate surface area is 135 Å². The van der Waals surface area contributed by atoms with Crippen molar-refractivity contribution >= 4 is 31.9 Å². The molecular weight excluding hydrogens is 384 g/mol.